The molecule has 0 fully saturated rings. The van der Waals surface area contributed by atoms with Crippen LogP contribution < -0.4 is 10.1 Å². The number of hydrogen-bond acceptors (Lipinski definition) is 2. The van der Waals surface area contributed by atoms with Gasteiger partial charge >= 0.3 is 0 Å². The lowest BCUT2D eigenvalue weighted by atomic mass is 10.1. The molecule has 2 rings (SSSR count). The van der Waals surface area contributed by atoms with Gasteiger partial charge in [0.25, 0.3) is 0 Å². The number of hydrogen-bond donors (Lipinski definition) is 1. The number of halogens is 1. The largest absolute Gasteiger partial charge is 0.497 e. The van der Waals surface area contributed by atoms with Gasteiger partial charge in [0.05, 0.1) is 7.11 Å². The van der Waals surface area contributed by atoms with Crippen LogP contribution >= 0.6 is 11.6 Å². The summed E-state index contributed by atoms with van der Waals surface area (Å²) in [7, 11) is 1.69. The molecule has 0 amide bonds. The smallest absolute Gasteiger partial charge is 0.119 e. The van der Waals surface area contributed by atoms with Crippen LogP contribution in [0.15, 0.2) is 48.5 Å². The second-order valence-corrected chi connectivity index (χ2v) is 5.04. The van der Waals surface area contributed by atoms with E-state index in [0.29, 0.717) is 6.04 Å². The van der Waals surface area contributed by atoms with Crippen LogP contribution in [0.4, 0.5) is 5.69 Å². The minimum Gasteiger partial charge on any atom is -0.497 e. The minimum atomic E-state index is 0.341. The van der Waals surface area contributed by atoms with E-state index in [1.165, 1.54) is 5.56 Å². The first kappa shape index (κ1) is 13.8. The molecule has 100 valence electrons. The van der Waals surface area contributed by atoms with Gasteiger partial charge in [-0.05, 0) is 55.3 Å². The fourth-order valence-corrected chi connectivity index (χ4v) is 2.16. The topological polar surface area (TPSA) is 21.3 Å². The van der Waals surface area contributed by atoms with Crippen molar-refractivity contribution in [3.8, 4) is 5.75 Å². The Bertz CT molecular complexity index is 525. The van der Waals surface area contributed by atoms with Gasteiger partial charge in [-0.15, -0.1) is 0 Å². The van der Waals surface area contributed by atoms with Crippen molar-refractivity contribution >= 4 is 17.3 Å². The Morgan fingerprint density at radius 2 is 1.89 bits per heavy atom. The molecule has 2 aromatic rings. The highest BCUT2D eigenvalue weighted by molar-refractivity contribution is 6.30. The summed E-state index contributed by atoms with van der Waals surface area (Å²) in [5, 5.41) is 4.21. The van der Waals surface area contributed by atoms with Gasteiger partial charge in [-0.25, -0.2) is 0 Å². The third-order valence-electron chi connectivity index (χ3n) is 2.93. The van der Waals surface area contributed by atoms with E-state index in [2.05, 4.69) is 24.4 Å². The fraction of sp³-hybridized carbons (Fsp3) is 0.250. The molecule has 2 nitrogen and oxygen atoms in total. The van der Waals surface area contributed by atoms with Crippen LogP contribution in [0.1, 0.15) is 12.5 Å². The van der Waals surface area contributed by atoms with Crippen LogP contribution in [0.2, 0.25) is 5.02 Å². The van der Waals surface area contributed by atoms with Crippen LogP contribution in [-0.2, 0) is 6.42 Å². The maximum atomic E-state index is 5.87. The van der Waals surface area contributed by atoms with E-state index < -0.39 is 0 Å². The molecule has 0 saturated carbocycles. The normalized spacial score (nSPS) is 11.9. The summed E-state index contributed by atoms with van der Waals surface area (Å²) in [5.41, 5.74) is 2.34. The molecule has 0 spiro atoms. The summed E-state index contributed by atoms with van der Waals surface area (Å²) in [4.78, 5) is 0. The first-order valence-corrected chi connectivity index (χ1v) is 6.70. The summed E-state index contributed by atoms with van der Waals surface area (Å²) in [6.45, 7) is 2.16. The van der Waals surface area contributed by atoms with E-state index in [9.17, 15) is 0 Å². The molecule has 1 N–H and O–H groups in total. The van der Waals surface area contributed by atoms with Gasteiger partial charge < -0.3 is 10.1 Å². The summed E-state index contributed by atoms with van der Waals surface area (Å²) < 4.78 is 5.23. The molecular formula is C16H18ClNO. The molecule has 3 heteroatoms. The van der Waals surface area contributed by atoms with Crippen molar-refractivity contribution in [2.24, 2.45) is 0 Å². The highest BCUT2D eigenvalue weighted by atomic mass is 35.5. The maximum absolute atomic E-state index is 5.87. The van der Waals surface area contributed by atoms with Crippen molar-refractivity contribution in [3.63, 3.8) is 0 Å². The van der Waals surface area contributed by atoms with E-state index in [1.54, 1.807) is 7.11 Å². The van der Waals surface area contributed by atoms with Gasteiger partial charge in [0.1, 0.15) is 5.75 Å². The van der Waals surface area contributed by atoms with Gasteiger partial charge in [0.15, 0.2) is 0 Å². The third-order valence-corrected chi connectivity index (χ3v) is 3.19. The van der Waals surface area contributed by atoms with E-state index >= 15 is 0 Å². The van der Waals surface area contributed by atoms with Gasteiger partial charge in [0, 0.05) is 16.8 Å². The monoisotopic (exact) mass is 275 g/mol. The average molecular weight is 276 g/mol. The highest BCUT2D eigenvalue weighted by Gasteiger charge is 2.04. The van der Waals surface area contributed by atoms with E-state index in [4.69, 9.17) is 16.3 Å². The number of methoxy groups -OCH3 is 1. The lowest BCUT2D eigenvalue weighted by Gasteiger charge is -2.15. The Balaban J connectivity index is 1.96. The molecule has 1 atom stereocenters. The number of anilines is 1. The average Bonchev–Trinajstić information content (AvgIpc) is 2.41. The summed E-state index contributed by atoms with van der Waals surface area (Å²) in [6, 6.07) is 16.3. The standard InChI is InChI=1S/C16H18ClNO/c1-12(18-15-8-6-14(17)7-9-15)10-13-4-3-5-16(11-13)19-2/h3-9,11-12,18H,10H2,1-2H3/t12-/m1/s1. The molecule has 0 aliphatic rings. The van der Waals surface area contributed by atoms with Crippen molar-refractivity contribution < 1.29 is 4.74 Å². The number of ether oxygens (including phenoxy) is 1. The first-order valence-electron chi connectivity index (χ1n) is 6.32. The Kier molecular flexibility index (Phi) is 4.69. The zero-order chi connectivity index (χ0) is 13.7. The van der Waals surface area contributed by atoms with Crippen LogP contribution in [-0.4, -0.2) is 13.2 Å². The summed E-state index contributed by atoms with van der Waals surface area (Å²) in [6.07, 6.45) is 0.944. The number of nitrogens with one attached hydrogen (secondary N) is 1. The van der Waals surface area contributed by atoms with E-state index in [-0.39, 0.29) is 0 Å². The van der Waals surface area contributed by atoms with Crippen molar-refractivity contribution in [3.05, 3.63) is 59.1 Å². The molecule has 0 unspecified atom stereocenters. The van der Waals surface area contributed by atoms with E-state index in [0.717, 1.165) is 22.9 Å². The molecular weight excluding hydrogens is 258 g/mol. The van der Waals surface area contributed by atoms with E-state index in [1.807, 2.05) is 36.4 Å². The third kappa shape index (κ3) is 4.18. The molecule has 0 aromatic heterocycles. The van der Waals surface area contributed by atoms with Crippen LogP contribution in [0.5, 0.6) is 5.75 Å². The molecule has 19 heavy (non-hydrogen) atoms. The quantitative estimate of drug-likeness (QED) is 0.874. The predicted molar refractivity (Wildman–Crippen MR) is 81.2 cm³/mol. The van der Waals surface area contributed by atoms with Crippen LogP contribution in [0.25, 0.3) is 0 Å². The van der Waals surface area contributed by atoms with Crippen LogP contribution in [0.3, 0.4) is 0 Å². The van der Waals surface area contributed by atoms with Gasteiger partial charge in [-0.1, -0.05) is 23.7 Å². The zero-order valence-corrected chi connectivity index (χ0v) is 11.9. The Morgan fingerprint density at radius 1 is 1.16 bits per heavy atom. The van der Waals surface area contributed by atoms with Gasteiger partial charge in [-0.3, -0.25) is 0 Å². The van der Waals surface area contributed by atoms with Crippen molar-refractivity contribution in [1.82, 2.24) is 0 Å². The molecule has 2 aromatic carbocycles. The molecule has 0 radical (unpaired) electrons. The SMILES string of the molecule is COc1cccc(C[C@@H](C)Nc2ccc(Cl)cc2)c1. The Hall–Kier alpha value is -1.67. The maximum Gasteiger partial charge on any atom is 0.119 e. The molecule has 0 bridgehead atoms. The summed E-state index contributed by atoms with van der Waals surface area (Å²) >= 11 is 5.87. The lowest BCUT2D eigenvalue weighted by Crippen LogP contribution is -2.17. The Labute approximate surface area is 119 Å². The minimum absolute atomic E-state index is 0.341. The van der Waals surface area contributed by atoms with Crippen molar-refractivity contribution in [1.29, 1.82) is 0 Å². The van der Waals surface area contributed by atoms with Gasteiger partial charge in [0.2, 0.25) is 0 Å². The Morgan fingerprint density at radius 3 is 2.58 bits per heavy atom. The second-order valence-electron chi connectivity index (χ2n) is 4.61. The van der Waals surface area contributed by atoms with Crippen LogP contribution in [0, 0.1) is 0 Å². The molecule has 0 heterocycles. The number of benzene rings is 2. The van der Waals surface area contributed by atoms with Crippen molar-refractivity contribution in [2.45, 2.75) is 19.4 Å². The molecule has 0 saturated heterocycles. The fourth-order valence-electron chi connectivity index (χ4n) is 2.03. The van der Waals surface area contributed by atoms with Crippen molar-refractivity contribution in [2.75, 3.05) is 12.4 Å². The predicted octanol–water partition coefficient (Wildman–Crippen LogP) is 4.39. The molecule has 0 aliphatic carbocycles. The second kappa shape index (κ2) is 6.48. The lowest BCUT2D eigenvalue weighted by molar-refractivity contribution is 0.414. The highest BCUT2D eigenvalue weighted by Crippen LogP contribution is 2.17. The molecule has 0 aliphatic heterocycles. The van der Waals surface area contributed by atoms with Gasteiger partial charge in [-0.2, -0.15) is 0 Å². The summed E-state index contributed by atoms with van der Waals surface area (Å²) in [5.74, 6) is 0.899. The zero-order valence-electron chi connectivity index (χ0n) is 11.2. The first-order chi connectivity index (χ1) is 9.17. The number of rotatable bonds is 5.